The molecule has 15 heavy (non-hydrogen) atoms. The van der Waals surface area contributed by atoms with Crippen LogP contribution in [0.4, 0.5) is 11.4 Å². The SMILES string of the molecule is Nc1ccc(Br)cc1N1CCCSCC1. The van der Waals surface area contributed by atoms with Gasteiger partial charge < -0.3 is 10.6 Å². The monoisotopic (exact) mass is 286 g/mol. The largest absolute Gasteiger partial charge is 0.397 e. The van der Waals surface area contributed by atoms with Crippen molar-refractivity contribution in [2.45, 2.75) is 6.42 Å². The second-order valence-electron chi connectivity index (χ2n) is 3.66. The van der Waals surface area contributed by atoms with Crippen LogP contribution in [-0.4, -0.2) is 24.6 Å². The van der Waals surface area contributed by atoms with Crippen LogP contribution in [-0.2, 0) is 0 Å². The van der Waals surface area contributed by atoms with Gasteiger partial charge in [0.15, 0.2) is 0 Å². The fraction of sp³-hybridized carbons (Fsp3) is 0.455. The Hall–Kier alpha value is -0.350. The zero-order chi connectivity index (χ0) is 10.7. The number of nitrogens with two attached hydrogens (primary N) is 1. The van der Waals surface area contributed by atoms with Gasteiger partial charge in [0.1, 0.15) is 0 Å². The fourth-order valence-electron chi connectivity index (χ4n) is 1.78. The molecule has 82 valence electrons. The molecule has 0 aliphatic carbocycles. The van der Waals surface area contributed by atoms with Crippen molar-refractivity contribution in [3.63, 3.8) is 0 Å². The molecule has 0 radical (unpaired) electrons. The van der Waals surface area contributed by atoms with E-state index >= 15 is 0 Å². The van der Waals surface area contributed by atoms with Crippen molar-refractivity contribution in [3.05, 3.63) is 22.7 Å². The Kier molecular flexibility index (Phi) is 3.81. The standard InChI is InChI=1S/C11H15BrN2S/c12-9-2-3-10(13)11(8-9)14-4-1-6-15-7-5-14/h2-3,8H,1,4-7,13H2. The lowest BCUT2D eigenvalue weighted by Crippen LogP contribution is -2.26. The van der Waals surface area contributed by atoms with E-state index in [0.29, 0.717) is 0 Å². The summed E-state index contributed by atoms with van der Waals surface area (Å²) >= 11 is 5.53. The normalized spacial score (nSPS) is 17.5. The van der Waals surface area contributed by atoms with Crippen molar-refractivity contribution in [1.82, 2.24) is 0 Å². The highest BCUT2D eigenvalue weighted by atomic mass is 79.9. The Balaban J connectivity index is 2.22. The molecule has 1 saturated heterocycles. The first-order valence-electron chi connectivity index (χ1n) is 5.15. The summed E-state index contributed by atoms with van der Waals surface area (Å²) < 4.78 is 1.10. The van der Waals surface area contributed by atoms with Gasteiger partial charge in [0, 0.05) is 23.3 Å². The van der Waals surface area contributed by atoms with Crippen molar-refractivity contribution in [3.8, 4) is 0 Å². The molecule has 0 atom stereocenters. The molecule has 1 fully saturated rings. The molecule has 0 amide bonds. The summed E-state index contributed by atoms with van der Waals surface area (Å²) in [5, 5.41) is 0. The molecular weight excluding hydrogens is 272 g/mol. The number of hydrogen-bond donors (Lipinski definition) is 1. The van der Waals surface area contributed by atoms with Gasteiger partial charge in [0.2, 0.25) is 0 Å². The van der Waals surface area contributed by atoms with Crippen LogP contribution < -0.4 is 10.6 Å². The predicted molar refractivity (Wildman–Crippen MR) is 72.7 cm³/mol. The Labute approximate surface area is 103 Å². The number of thioether (sulfide) groups is 1. The lowest BCUT2D eigenvalue weighted by molar-refractivity contribution is 0.817. The number of nitrogen functional groups attached to an aromatic ring is 1. The zero-order valence-corrected chi connectivity index (χ0v) is 11.0. The number of halogens is 1. The van der Waals surface area contributed by atoms with Gasteiger partial charge in [-0.3, -0.25) is 0 Å². The predicted octanol–water partition coefficient (Wildman–Crippen LogP) is 2.97. The maximum absolute atomic E-state index is 6.00. The van der Waals surface area contributed by atoms with Crippen LogP contribution in [0.15, 0.2) is 22.7 Å². The van der Waals surface area contributed by atoms with Crippen LogP contribution >= 0.6 is 27.7 Å². The van der Waals surface area contributed by atoms with Crippen molar-refractivity contribution >= 4 is 39.1 Å². The lowest BCUT2D eigenvalue weighted by atomic mass is 10.2. The third-order valence-corrected chi connectivity index (χ3v) is 4.10. The maximum Gasteiger partial charge on any atom is 0.0611 e. The van der Waals surface area contributed by atoms with Gasteiger partial charge >= 0.3 is 0 Å². The highest BCUT2D eigenvalue weighted by Crippen LogP contribution is 2.28. The molecule has 2 rings (SSSR count). The minimum absolute atomic E-state index is 0.880. The van der Waals surface area contributed by atoms with Gasteiger partial charge in [-0.25, -0.2) is 0 Å². The Morgan fingerprint density at radius 3 is 3.00 bits per heavy atom. The average molecular weight is 287 g/mol. The van der Waals surface area contributed by atoms with Crippen LogP contribution in [0.5, 0.6) is 0 Å². The van der Waals surface area contributed by atoms with Crippen LogP contribution in [0.2, 0.25) is 0 Å². The van der Waals surface area contributed by atoms with E-state index in [2.05, 4.69) is 26.9 Å². The Morgan fingerprint density at radius 2 is 2.13 bits per heavy atom. The van der Waals surface area contributed by atoms with E-state index in [1.165, 1.54) is 23.6 Å². The van der Waals surface area contributed by atoms with Crippen LogP contribution in [0.1, 0.15) is 6.42 Å². The van der Waals surface area contributed by atoms with E-state index in [1.54, 1.807) is 0 Å². The molecule has 0 saturated carbocycles. The fourth-order valence-corrected chi connectivity index (χ4v) is 3.01. The summed E-state index contributed by atoms with van der Waals surface area (Å²) in [7, 11) is 0. The first kappa shape index (κ1) is 11.1. The van der Waals surface area contributed by atoms with Gasteiger partial charge in [-0.1, -0.05) is 15.9 Å². The average Bonchev–Trinajstić information content (AvgIpc) is 2.50. The summed E-state index contributed by atoms with van der Waals surface area (Å²) in [6.45, 7) is 2.22. The Bertz CT molecular complexity index is 335. The van der Waals surface area contributed by atoms with Gasteiger partial charge in [0.25, 0.3) is 0 Å². The summed E-state index contributed by atoms with van der Waals surface area (Å²) in [5.74, 6) is 2.47. The van der Waals surface area contributed by atoms with Crippen LogP contribution in [0, 0.1) is 0 Å². The molecule has 0 unspecified atom stereocenters. The van der Waals surface area contributed by atoms with Gasteiger partial charge in [-0.2, -0.15) is 11.8 Å². The Morgan fingerprint density at radius 1 is 1.27 bits per heavy atom. The molecule has 1 aliphatic rings. The van der Waals surface area contributed by atoms with Gasteiger partial charge in [-0.05, 0) is 30.4 Å². The van der Waals surface area contributed by atoms with Crippen molar-refractivity contribution < 1.29 is 0 Å². The first-order valence-corrected chi connectivity index (χ1v) is 7.10. The molecule has 2 nitrogen and oxygen atoms in total. The summed E-state index contributed by atoms with van der Waals surface area (Å²) in [6.07, 6.45) is 1.25. The third-order valence-electron chi connectivity index (χ3n) is 2.56. The number of benzene rings is 1. The lowest BCUT2D eigenvalue weighted by Gasteiger charge is -2.24. The summed E-state index contributed by atoms with van der Waals surface area (Å²) in [4.78, 5) is 2.39. The van der Waals surface area contributed by atoms with Crippen molar-refractivity contribution in [1.29, 1.82) is 0 Å². The van der Waals surface area contributed by atoms with Gasteiger partial charge in [-0.15, -0.1) is 0 Å². The summed E-state index contributed by atoms with van der Waals surface area (Å²) in [5.41, 5.74) is 8.05. The first-order chi connectivity index (χ1) is 7.27. The van der Waals surface area contributed by atoms with E-state index in [-0.39, 0.29) is 0 Å². The highest BCUT2D eigenvalue weighted by molar-refractivity contribution is 9.10. The van der Waals surface area contributed by atoms with Crippen molar-refractivity contribution in [2.24, 2.45) is 0 Å². The zero-order valence-electron chi connectivity index (χ0n) is 8.58. The minimum atomic E-state index is 0.880. The molecule has 0 spiro atoms. The third kappa shape index (κ3) is 2.82. The number of anilines is 2. The molecule has 1 aromatic rings. The van der Waals surface area contributed by atoms with Crippen LogP contribution in [0.3, 0.4) is 0 Å². The van der Waals surface area contributed by atoms with Crippen molar-refractivity contribution in [2.75, 3.05) is 35.2 Å². The van der Waals surface area contributed by atoms with E-state index in [0.717, 1.165) is 23.2 Å². The number of rotatable bonds is 1. The molecule has 4 heteroatoms. The number of hydrogen-bond acceptors (Lipinski definition) is 3. The van der Waals surface area contributed by atoms with E-state index in [1.807, 2.05) is 23.9 Å². The van der Waals surface area contributed by atoms with Crippen LogP contribution in [0.25, 0.3) is 0 Å². The smallest absolute Gasteiger partial charge is 0.0611 e. The molecular formula is C11H15BrN2S. The molecule has 1 aromatic carbocycles. The van der Waals surface area contributed by atoms with E-state index in [4.69, 9.17) is 5.73 Å². The number of nitrogens with zero attached hydrogens (tertiary/aromatic N) is 1. The minimum Gasteiger partial charge on any atom is -0.397 e. The molecule has 0 bridgehead atoms. The molecule has 1 heterocycles. The second kappa shape index (κ2) is 5.12. The quantitative estimate of drug-likeness (QED) is 0.805. The van der Waals surface area contributed by atoms with E-state index < -0.39 is 0 Å². The topological polar surface area (TPSA) is 29.3 Å². The van der Waals surface area contributed by atoms with E-state index in [9.17, 15) is 0 Å². The highest BCUT2D eigenvalue weighted by Gasteiger charge is 2.12. The molecule has 2 N–H and O–H groups in total. The second-order valence-corrected chi connectivity index (χ2v) is 5.80. The molecule has 1 aliphatic heterocycles. The summed E-state index contributed by atoms with van der Waals surface area (Å²) in [6, 6.07) is 6.08. The van der Waals surface area contributed by atoms with Gasteiger partial charge in [0.05, 0.1) is 11.4 Å². The molecule has 0 aromatic heterocycles. The maximum atomic E-state index is 6.00.